The zero-order valence-electron chi connectivity index (χ0n) is 28.4. The normalized spacial score (nSPS) is 15.2. The minimum absolute atomic E-state index is 0.266. The molecule has 3 heterocycles. The van der Waals surface area contributed by atoms with E-state index in [1.54, 1.807) is 0 Å². The monoisotopic (exact) mass is 683 g/mol. The zero-order valence-corrected chi connectivity index (χ0v) is 29.2. The van der Waals surface area contributed by atoms with Gasteiger partial charge in [-0.05, 0) is 77.1 Å². The van der Waals surface area contributed by atoms with Crippen LogP contribution in [0, 0.1) is 0 Å². The second kappa shape index (κ2) is 11.7. The van der Waals surface area contributed by atoms with Crippen molar-refractivity contribution in [3.05, 3.63) is 187 Å². The Morgan fingerprint density at radius 2 is 1.29 bits per heavy atom. The maximum atomic E-state index is 6.63. The summed E-state index contributed by atoms with van der Waals surface area (Å²) in [5, 5.41) is 7.48. The van der Waals surface area contributed by atoms with Crippen LogP contribution in [0.3, 0.4) is 0 Å². The maximum Gasteiger partial charge on any atom is 0.135 e. The van der Waals surface area contributed by atoms with Gasteiger partial charge in [-0.3, -0.25) is 0 Å². The second-order valence-electron chi connectivity index (χ2n) is 14.0. The molecule has 1 aliphatic rings. The predicted octanol–water partition coefficient (Wildman–Crippen LogP) is 14.1. The van der Waals surface area contributed by atoms with E-state index in [0.29, 0.717) is 0 Å². The molecule has 0 fully saturated rings. The Bertz CT molecular complexity index is 3060. The Hall–Kier alpha value is -6.16. The highest BCUT2D eigenvalue weighted by Gasteiger charge is 2.21. The second-order valence-corrected chi connectivity index (χ2v) is 15.0. The molecule has 0 aliphatic heterocycles. The molecule has 10 aromatic rings. The first-order chi connectivity index (χ1) is 25.8. The van der Waals surface area contributed by atoms with Crippen molar-refractivity contribution in [2.45, 2.75) is 18.8 Å². The third-order valence-corrected chi connectivity index (χ3v) is 12.2. The molecule has 11 rings (SSSR count). The molecule has 0 radical (unpaired) electrons. The van der Waals surface area contributed by atoms with Crippen LogP contribution in [-0.4, -0.2) is 4.57 Å². The van der Waals surface area contributed by atoms with E-state index in [-0.39, 0.29) is 5.92 Å². The molecule has 246 valence electrons. The van der Waals surface area contributed by atoms with E-state index in [1.807, 2.05) is 11.3 Å². The molecule has 1 aliphatic carbocycles. The van der Waals surface area contributed by atoms with E-state index in [2.05, 4.69) is 174 Å². The molecule has 1 atom stereocenters. The highest BCUT2D eigenvalue weighted by atomic mass is 32.1. The van der Waals surface area contributed by atoms with Gasteiger partial charge in [-0.1, -0.05) is 133 Å². The molecule has 0 amide bonds. The van der Waals surface area contributed by atoms with Crippen LogP contribution in [0.1, 0.15) is 35.4 Å². The van der Waals surface area contributed by atoms with Crippen molar-refractivity contribution in [3.8, 4) is 5.69 Å². The van der Waals surface area contributed by atoms with Crippen LogP contribution in [0.15, 0.2) is 174 Å². The summed E-state index contributed by atoms with van der Waals surface area (Å²) in [6.45, 7) is 0. The third-order valence-electron chi connectivity index (χ3n) is 11.0. The third kappa shape index (κ3) is 4.63. The number of fused-ring (bicyclic) bond motifs is 10. The molecule has 52 heavy (non-hydrogen) atoms. The molecule has 0 spiro atoms. The van der Waals surface area contributed by atoms with Gasteiger partial charge >= 0.3 is 0 Å². The molecule has 1 unspecified atom stereocenters. The van der Waals surface area contributed by atoms with Gasteiger partial charge in [0.25, 0.3) is 0 Å². The van der Waals surface area contributed by atoms with Crippen LogP contribution < -0.4 is 0 Å². The lowest BCUT2D eigenvalue weighted by Gasteiger charge is -2.13. The fourth-order valence-corrected chi connectivity index (χ4v) is 9.76. The number of hydrogen-bond donors (Lipinski definition) is 0. The molecule has 0 saturated carbocycles. The number of hydrogen-bond acceptors (Lipinski definition) is 2. The van der Waals surface area contributed by atoms with Crippen LogP contribution in [0.25, 0.3) is 80.8 Å². The van der Waals surface area contributed by atoms with Gasteiger partial charge in [-0.15, -0.1) is 11.3 Å². The van der Waals surface area contributed by atoms with Crippen LogP contribution >= 0.6 is 11.3 Å². The Morgan fingerprint density at radius 1 is 0.558 bits per heavy atom. The minimum Gasteiger partial charge on any atom is -0.456 e. The van der Waals surface area contributed by atoms with Gasteiger partial charge in [-0.25, -0.2) is 0 Å². The molecule has 7 aromatic carbocycles. The summed E-state index contributed by atoms with van der Waals surface area (Å²) in [6, 6.07) is 57.4. The predicted molar refractivity (Wildman–Crippen MR) is 222 cm³/mol. The number of thiophene rings is 1. The first-order valence-electron chi connectivity index (χ1n) is 18.1. The number of aromatic nitrogens is 1. The number of para-hydroxylation sites is 1. The van der Waals surface area contributed by atoms with Crippen molar-refractivity contribution >= 4 is 86.4 Å². The Labute approximate surface area is 305 Å². The summed E-state index contributed by atoms with van der Waals surface area (Å²) in [5.41, 5.74) is 12.0. The molecule has 0 bridgehead atoms. The summed E-state index contributed by atoms with van der Waals surface area (Å²) in [7, 11) is 0. The van der Waals surface area contributed by atoms with Gasteiger partial charge in [0.1, 0.15) is 11.2 Å². The number of furan rings is 1. The van der Waals surface area contributed by atoms with Crippen molar-refractivity contribution in [2.24, 2.45) is 0 Å². The fourth-order valence-electron chi connectivity index (χ4n) is 8.52. The van der Waals surface area contributed by atoms with Gasteiger partial charge < -0.3 is 8.98 Å². The van der Waals surface area contributed by atoms with Gasteiger partial charge in [0.15, 0.2) is 0 Å². The van der Waals surface area contributed by atoms with Gasteiger partial charge in [0.2, 0.25) is 0 Å². The van der Waals surface area contributed by atoms with Crippen molar-refractivity contribution in [1.29, 1.82) is 0 Å². The summed E-state index contributed by atoms with van der Waals surface area (Å²) < 4.78 is 11.7. The standard InChI is InChI=1S/C49H33NOS/c1-3-11-31(12-4-1)33-19-20-34(28-36(27-33)32-13-5-2-6-14-32)35-21-23-39-43-30-37(22-26-45(43)51-46(39)29-35)50-44-17-9-7-15-38(44)41-24-25-42-40-16-8-10-18-47(40)52-49(42)48(41)50/h1-18,21-30,34H,19-20H2. The summed E-state index contributed by atoms with van der Waals surface area (Å²) in [4.78, 5) is 0. The van der Waals surface area contributed by atoms with Gasteiger partial charge in [-0.2, -0.15) is 0 Å². The van der Waals surface area contributed by atoms with Crippen LogP contribution in [0.2, 0.25) is 0 Å². The molecule has 3 heteroatoms. The quantitative estimate of drug-likeness (QED) is 0.181. The lowest BCUT2D eigenvalue weighted by Crippen LogP contribution is -1.96. The molecule has 0 N–H and O–H groups in total. The minimum atomic E-state index is 0.266. The van der Waals surface area contributed by atoms with Crippen molar-refractivity contribution in [3.63, 3.8) is 0 Å². The molecule has 3 aromatic heterocycles. The van der Waals surface area contributed by atoms with E-state index < -0.39 is 0 Å². The maximum absolute atomic E-state index is 6.63. The first kappa shape index (κ1) is 29.6. The highest BCUT2D eigenvalue weighted by molar-refractivity contribution is 7.26. The lowest BCUT2D eigenvalue weighted by atomic mass is 9.91. The summed E-state index contributed by atoms with van der Waals surface area (Å²) in [6.07, 6.45) is 6.90. The molecular weight excluding hydrogens is 651 g/mol. The molecule has 2 nitrogen and oxygen atoms in total. The highest BCUT2D eigenvalue weighted by Crippen LogP contribution is 2.44. The fraction of sp³-hybridized carbons (Fsp3) is 0.0612. The van der Waals surface area contributed by atoms with E-state index in [9.17, 15) is 0 Å². The first-order valence-corrected chi connectivity index (χ1v) is 18.9. The average Bonchev–Trinajstić information content (AvgIpc) is 3.81. The van der Waals surface area contributed by atoms with Gasteiger partial charge in [0, 0.05) is 48.6 Å². The smallest absolute Gasteiger partial charge is 0.135 e. The Balaban J connectivity index is 1.04. The number of allylic oxidation sites excluding steroid dienone is 4. The number of nitrogens with zero attached hydrogens (tertiary/aromatic N) is 1. The van der Waals surface area contributed by atoms with Crippen molar-refractivity contribution < 1.29 is 4.42 Å². The lowest BCUT2D eigenvalue weighted by molar-refractivity contribution is 0.666. The van der Waals surface area contributed by atoms with Crippen LogP contribution in [0.5, 0.6) is 0 Å². The van der Waals surface area contributed by atoms with Crippen LogP contribution in [0.4, 0.5) is 0 Å². The Kier molecular flexibility index (Phi) is 6.65. The largest absolute Gasteiger partial charge is 0.456 e. The average molecular weight is 684 g/mol. The topological polar surface area (TPSA) is 18.1 Å². The van der Waals surface area contributed by atoms with E-state index in [1.165, 1.54) is 69.8 Å². The van der Waals surface area contributed by atoms with E-state index in [4.69, 9.17) is 4.42 Å². The van der Waals surface area contributed by atoms with Crippen molar-refractivity contribution in [2.75, 3.05) is 0 Å². The van der Waals surface area contributed by atoms with E-state index in [0.717, 1.165) is 40.5 Å². The van der Waals surface area contributed by atoms with Gasteiger partial charge in [0.05, 0.1) is 15.7 Å². The number of benzene rings is 7. The zero-order chi connectivity index (χ0) is 34.2. The van der Waals surface area contributed by atoms with Crippen molar-refractivity contribution in [1.82, 2.24) is 4.57 Å². The number of rotatable bonds is 4. The SMILES string of the molecule is C1=C(c2ccccc2)C=C(c2ccccc2)CCC1c1ccc2c(c1)oc1ccc(-n3c4ccccc4c4ccc5c6ccccc6sc5c43)cc12. The summed E-state index contributed by atoms with van der Waals surface area (Å²) >= 11 is 1.89. The Morgan fingerprint density at radius 3 is 2.15 bits per heavy atom. The molecule has 0 saturated heterocycles. The summed E-state index contributed by atoms with van der Waals surface area (Å²) in [5.74, 6) is 0.266. The molecular formula is C49H33NOS. The van der Waals surface area contributed by atoms with E-state index >= 15 is 0 Å². The van der Waals surface area contributed by atoms with Crippen LogP contribution in [-0.2, 0) is 0 Å².